The molecule has 1 atom stereocenters. The molecule has 8 nitrogen and oxygen atoms in total. The Labute approximate surface area is 190 Å². The molecule has 1 aromatic heterocycles. The Kier molecular flexibility index (Phi) is 5.99. The van der Waals surface area contributed by atoms with Gasteiger partial charge < -0.3 is 19.1 Å². The third kappa shape index (κ3) is 4.10. The number of amides is 1. The fourth-order valence-corrected chi connectivity index (χ4v) is 3.66. The predicted octanol–water partition coefficient (Wildman–Crippen LogP) is 4.18. The maximum Gasteiger partial charge on any atom is 0.301 e. The SMILES string of the molecule is C=CCOc1ccc([C@@H]2/C(=C(\O)c3ccc(OC)cc3)C(=O)C(=O)N2c2cc(C)on2)cc1. The summed E-state index contributed by atoms with van der Waals surface area (Å²) in [7, 11) is 1.53. The minimum Gasteiger partial charge on any atom is -0.507 e. The lowest BCUT2D eigenvalue weighted by Gasteiger charge is -2.23. The first kappa shape index (κ1) is 21.9. The Balaban J connectivity index is 1.85. The molecule has 8 heteroatoms. The molecule has 0 bridgehead atoms. The van der Waals surface area contributed by atoms with Gasteiger partial charge in [0.15, 0.2) is 5.82 Å². The third-order valence-corrected chi connectivity index (χ3v) is 5.23. The summed E-state index contributed by atoms with van der Waals surface area (Å²) in [4.78, 5) is 27.4. The van der Waals surface area contributed by atoms with Gasteiger partial charge in [-0.15, -0.1) is 0 Å². The number of ether oxygens (including phenoxy) is 2. The van der Waals surface area contributed by atoms with Gasteiger partial charge in [0.2, 0.25) is 0 Å². The van der Waals surface area contributed by atoms with E-state index in [0.717, 1.165) is 0 Å². The fourth-order valence-electron chi connectivity index (χ4n) is 3.66. The van der Waals surface area contributed by atoms with E-state index in [1.165, 1.54) is 12.0 Å². The van der Waals surface area contributed by atoms with Crippen LogP contribution in [0.2, 0.25) is 0 Å². The third-order valence-electron chi connectivity index (χ3n) is 5.23. The lowest BCUT2D eigenvalue weighted by atomic mass is 9.95. The van der Waals surface area contributed by atoms with Gasteiger partial charge in [-0.05, 0) is 48.9 Å². The molecule has 0 aliphatic carbocycles. The van der Waals surface area contributed by atoms with Crippen molar-refractivity contribution in [3.05, 3.63) is 89.7 Å². The average molecular weight is 446 g/mol. The van der Waals surface area contributed by atoms with Crippen LogP contribution in [-0.4, -0.2) is 35.7 Å². The molecule has 1 N–H and O–H groups in total. The molecular weight excluding hydrogens is 424 g/mol. The number of aryl methyl sites for hydroxylation is 1. The fraction of sp³-hybridized carbons (Fsp3) is 0.160. The summed E-state index contributed by atoms with van der Waals surface area (Å²) in [5, 5.41) is 15.0. The molecule has 1 fully saturated rings. The summed E-state index contributed by atoms with van der Waals surface area (Å²) in [5.41, 5.74) is 0.919. The maximum atomic E-state index is 13.1. The Hall–Kier alpha value is -4.33. The molecule has 33 heavy (non-hydrogen) atoms. The van der Waals surface area contributed by atoms with Gasteiger partial charge in [0.05, 0.1) is 18.7 Å². The number of methoxy groups -OCH3 is 1. The largest absolute Gasteiger partial charge is 0.507 e. The lowest BCUT2D eigenvalue weighted by Crippen LogP contribution is -2.29. The smallest absolute Gasteiger partial charge is 0.301 e. The van der Waals surface area contributed by atoms with Crippen molar-refractivity contribution in [3.8, 4) is 11.5 Å². The number of Topliss-reactive ketones (excluding diaryl/α,β-unsaturated/α-hetero) is 1. The number of anilines is 1. The first-order chi connectivity index (χ1) is 15.9. The molecule has 168 valence electrons. The number of nitrogens with zero attached hydrogens (tertiary/aromatic N) is 2. The van der Waals surface area contributed by atoms with E-state index in [0.29, 0.717) is 35.0 Å². The molecule has 0 radical (unpaired) electrons. The Morgan fingerprint density at radius 1 is 1.15 bits per heavy atom. The summed E-state index contributed by atoms with van der Waals surface area (Å²) in [6, 6.07) is 14.1. The maximum absolute atomic E-state index is 13.1. The number of rotatable bonds is 7. The minimum atomic E-state index is -0.912. The average Bonchev–Trinajstić information content (AvgIpc) is 3.38. The van der Waals surface area contributed by atoms with Gasteiger partial charge >= 0.3 is 5.91 Å². The van der Waals surface area contributed by atoms with Gasteiger partial charge in [0.25, 0.3) is 5.78 Å². The monoisotopic (exact) mass is 446 g/mol. The summed E-state index contributed by atoms with van der Waals surface area (Å²) < 4.78 is 15.8. The van der Waals surface area contributed by atoms with Crippen LogP contribution in [0.4, 0.5) is 5.82 Å². The van der Waals surface area contributed by atoms with Gasteiger partial charge in [-0.3, -0.25) is 14.5 Å². The molecule has 0 unspecified atom stereocenters. The van der Waals surface area contributed by atoms with Crippen LogP contribution in [0, 0.1) is 6.92 Å². The van der Waals surface area contributed by atoms with Crippen molar-refractivity contribution in [1.29, 1.82) is 0 Å². The van der Waals surface area contributed by atoms with Crippen LogP contribution in [0.3, 0.4) is 0 Å². The van der Waals surface area contributed by atoms with Crippen LogP contribution >= 0.6 is 0 Å². The molecule has 1 saturated heterocycles. The van der Waals surface area contributed by atoms with Crippen LogP contribution in [0.5, 0.6) is 11.5 Å². The van der Waals surface area contributed by atoms with Crippen molar-refractivity contribution >= 4 is 23.3 Å². The minimum absolute atomic E-state index is 0.0504. The highest BCUT2D eigenvalue weighted by Crippen LogP contribution is 2.42. The lowest BCUT2D eigenvalue weighted by molar-refractivity contribution is -0.132. The van der Waals surface area contributed by atoms with Crippen LogP contribution in [-0.2, 0) is 9.59 Å². The van der Waals surface area contributed by atoms with E-state index >= 15 is 0 Å². The number of hydrogen-bond donors (Lipinski definition) is 1. The van der Waals surface area contributed by atoms with Gasteiger partial charge in [0.1, 0.15) is 29.6 Å². The number of ketones is 1. The molecule has 0 saturated carbocycles. The molecule has 2 aromatic carbocycles. The number of benzene rings is 2. The first-order valence-electron chi connectivity index (χ1n) is 10.2. The van der Waals surface area contributed by atoms with Gasteiger partial charge in [-0.1, -0.05) is 29.9 Å². The van der Waals surface area contributed by atoms with E-state index in [4.69, 9.17) is 14.0 Å². The standard InChI is InChI=1S/C25H22N2O6/c1-4-13-32-19-11-5-16(6-12-19)22-21(23(28)17-7-9-18(31-3)10-8-17)24(29)25(30)27(22)20-14-15(2)33-26-20/h4-12,14,22,28H,1,13H2,2-3H3/b23-21+/t22-/m1/s1. The van der Waals surface area contributed by atoms with Crippen LogP contribution in [0.25, 0.3) is 5.76 Å². The Morgan fingerprint density at radius 3 is 2.39 bits per heavy atom. The highest BCUT2D eigenvalue weighted by Gasteiger charge is 2.48. The number of aliphatic hydroxyl groups is 1. The molecule has 0 spiro atoms. The van der Waals surface area contributed by atoms with E-state index < -0.39 is 17.7 Å². The number of aromatic nitrogens is 1. The quantitative estimate of drug-likeness (QED) is 0.251. The number of carbonyl (C=O) groups is 2. The second-order valence-electron chi connectivity index (χ2n) is 7.36. The summed E-state index contributed by atoms with van der Waals surface area (Å²) in [6.07, 6.45) is 1.63. The van der Waals surface area contributed by atoms with E-state index in [-0.39, 0.29) is 17.2 Å². The van der Waals surface area contributed by atoms with Crippen LogP contribution < -0.4 is 14.4 Å². The molecule has 1 aliphatic rings. The van der Waals surface area contributed by atoms with E-state index in [9.17, 15) is 14.7 Å². The number of aliphatic hydroxyl groups excluding tert-OH is 1. The zero-order valence-corrected chi connectivity index (χ0v) is 18.1. The molecule has 3 aromatic rings. The molecule has 2 heterocycles. The van der Waals surface area contributed by atoms with Crippen LogP contribution in [0.1, 0.15) is 22.9 Å². The second-order valence-corrected chi connectivity index (χ2v) is 7.36. The van der Waals surface area contributed by atoms with E-state index in [1.807, 2.05) is 0 Å². The van der Waals surface area contributed by atoms with Crippen molar-refractivity contribution in [1.82, 2.24) is 5.16 Å². The summed E-state index contributed by atoms with van der Waals surface area (Å²) in [6.45, 7) is 5.65. The number of carbonyl (C=O) groups excluding carboxylic acids is 2. The molecule has 4 rings (SSSR count). The zero-order valence-electron chi connectivity index (χ0n) is 18.1. The van der Waals surface area contributed by atoms with Crippen molar-refractivity contribution < 1.29 is 28.7 Å². The Morgan fingerprint density at radius 2 is 1.82 bits per heavy atom. The van der Waals surface area contributed by atoms with Crippen molar-refractivity contribution in [2.24, 2.45) is 0 Å². The topological polar surface area (TPSA) is 102 Å². The highest BCUT2D eigenvalue weighted by atomic mass is 16.5. The summed E-state index contributed by atoms with van der Waals surface area (Å²) in [5.74, 6) is -0.0684. The van der Waals surface area contributed by atoms with E-state index in [2.05, 4.69) is 11.7 Å². The highest BCUT2D eigenvalue weighted by molar-refractivity contribution is 6.51. The van der Waals surface area contributed by atoms with Gasteiger partial charge in [0, 0.05) is 11.6 Å². The van der Waals surface area contributed by atoms with Crippen molar-refractivity contribution in [3.63, 3.8) is 0 Å². The normalized spacial score (nSPS) is 17.3. The zero-order chi connectivity index (χ0) is 23.5. The van der Waals surface area contributed by atoms with Crippen molar-refractivity contribution in [2.45, 2.75) is 13.0 Å². The first-order valence-corrected chi connectivity index (χ1v) is 10.2. The summed E-state index contributed by atoms with van der Waals surface area (Å²) >= 11 is 0. The molecule has 1 aliphatic heterocycles. The van der Waals surface area contributed by atoms with E-state index in [1.54, 1.807) is 67.6 Å². The Bertz CT molecular complexity index is 1220. The number of hydrogen-bond acceptors (Lipinski definition) is 7. The molecule has 1 amide bonds. The molecular formula is C25H22N2O6. The van der Waals surface area contributed by atoms with Gasteiger partial charge in [-0.25, -0.2) is 0 Å². The van der Waals surface area contributed by atoms with Crippen molar-refractivity contribution in [2.75, 3.05) is 18.6 Å². The van der Waals surface area contributed by atoms with Gasteiger partial charge in [-0.2, -0.15) is 0 Å². The predicted molar refractivity (Wildman–Crippen MR) is 121 cm³/mol. The van der Waals surface area contributed by atoms with Crippen LogP contribution in [0.15, 0.2) is 77.3 Å². The second kappa shape index (κ2) is 9.04.